The normalized spacial score (nSPS) is 31.1. The predicted octanol–water partition coefficient (Wildman–Crippen LogP) is 4.31. The highest BCUT2D eigenvalue weighted by Crippen LogP contribution is 2.39. The lowest BCUT2D eigenvalue weighted by Crippen LogP contribution is -2.27. The number of hydrogen-bond acceptors (Lipinski definition) is 0. The quantitative estimate of drug-likeness (QED) is 0.602. The number of rotatable bonds is 3. The van der Waals surface area contributed by atoms with Crippen LogP contribution in [0.3, 0.4) is 0 Å². The maximum Gasteiger partial charge on any atom is 0.0123 e. The average Bonchev–Trinajstić information content (AvgIpc) is 2.18. The predicted molar refractivity (Wildman–Crippen MR) is 67.2 cm³/mol. The van der Waals surface area contributed by atoms with Gasteiger partial charge in [-0.1, -0.05) is 27.2 Å². The smallest absolute Gasteiger partial charge is 0.0123 e. The highest BCUT2D eigenvalue weighted by molar-refractivity contribution is 5.02. The van der Waals surface area contributed by atoms with Gasteiger partial charge in [0.25, 0.3) is 0 Å². The Kier molecular flexibility index (Phi) is 5.23. The zero-order chi connectivity index (χ0) is 11.3. The molecular weight excluding hydrogens is 180 g/mol. The molecule has 0 aromatic heterocycles. The van der Waals surface area contributed by atoms with Gasteiger partial charge in [0, 0.05) is 6.42 Å². The molecule has 1 radical (unpaired) electrons. The van der Waals surface area contributed by atoms with E-state index in [1.165, 1.54) is 19.3 Å². The van der Waals surface area contributed by atoms with Crippen molar-refractivity contribution in [3.8, 4) is 11.8 Å². The van der Waals surface area contributed by atoms with Gasteiger partial charge in [0.2, 0.25) is 0 Å². The van der Waals surface area contributed by atoms with E-state index in [4.69, 9.17) is 0 Å². The average molecular weight is 205 g/mol. The van der Waals surface area contributed by atoms with Crippen LogP contribution in [-0.4, -0.2) is 0 Å². The molecule has 0 aliphatic heterocycles. The fourth-order valence-corrected chi connectivity index (χ4v) is 2.86. The molecule has 0 spiro atoms. The second kappa shape index (κ2) is 6.21. The summed E-state index contributed by atoms with van der Waals surface area (Å²) in [6, 6.07) is 0. The van der Waals surface area contributed by atoms with E-state index in [0.29, 0.717) is 0 Å². The van der Waals surface area contributed by atoms with Crippen LogP contribution >= 0.6 is 0 Å². The number of hydrogen-bond donors (Lipinski definition) is 0. The molecule has 15 heavy (non-hydrogen) atoms. The van der Waals surface area contributed by atoms with E-state index in [1.807, 2.05) is 6.92 Å². The summed E-state index contributed by atoms with van der Waals surface area (Å²) in [7, 11) is 0. The molecule has 0 heteroatoms. The van der Waals surface area contributed by atoms with Crippen molar-refractivity contribution in [1.29, 1.82) is 0 Å². The fraction of sp³-hybridized carbons (Fsp3) is 0.800. The first-order chi connectivity index (χ1) is 7.15. The molecule has 3 unspecified atom stereocenters. The molecule has 0 N–H and O–H groups in total. The maximum absolute atomic E-state index is 3.16. The lowest BCUT2D eigenvalue weighted by Gasteiger charge is -2.37. The fourth-order valence-electron chi connectivity index (χ4n) is 2.86. The van der Waals surface area contributed by atoms with E-state index >= 15 is 0 Å². The first kappa shape index (κ1) is 12.6. The van der Waals surface area contributed by atoms with E-state index in [9.17, 15) is 0 Å². The van der Waals surface area contributed by atoms with Crippen molar-refractivity contribution in [2.75, 3.05) is 0 Å². The van der Waals surface area contributed by atoms with Crippen molar-refractivity contribution in [3.63, 3.8) is 0 Å². The van der Waals surface area contributed by atoms with Gasteiger partial charge >= 0.3 is 0 Å². The third-order valence-corrected chi connectivity index (χ3v) is 3.77. The molecule has 1 rings (SSSR count). The minimum Gasteiger partial charge on any atom is -0.107 e. The molecule has 1 aliphatic carbocycles. The Labute approximate surface area is 95.8 Å². The van der Waals surface area contributed by atoms with Crippen LogP contribution in [0.5, 0.6) is 0 Å². The standard InChI is InChI=1S/C15H25/c1-5-6-7-8-14-11-13(4)9-10-15(14)12(2)3/h8,12-15H,7,9-11H2,1-4H3. The van der Waals surface area contributed by atoms with Gasteiger partial charge in [-0.25, -0.2) is 0 Å². The molecule has 0 aromatic carbocycles. The van der Waals surface area contributed by atoms with E-state index in [0.717, 1.165) is 30.1 Å². The zero-order valence-electron chi connectivity index (χ0n) is 10.7. The third-order valence-electron chi connectivity index (χ3n) is 3.77. The Hall–Kier alpha value is -0.440. The first-order valence-electron chi connectivity index (χ1n) is 6.38. The summed E-state index contributed by atoms with van der Waals surface area (Å²) in [5, 5.41) is 0. The largest absolute Gasteiger partial charge is 0.107 e. The van der Waals surface area contributed by atoms with Crippen LogP contribution in [0.1, 0.15) is 53.4 Å². The summed E-state index contributed by atoms with van der Waals surface area (Å²) >= 11 is 0. The second-order valence-corrected chi connectivity index (χ2v) is 5.36. The second-order valence-electron chi connectivity index (χ2n) is 5.36. The van der Waals surface area contributed by atoms with Crippen LogP contribution in [0.15, 0.2) is 0 Å². The van der Waals surface area contributed by atoms with E-state index in [1.54, 1.807) is 0 Å². The van der Waals surface area contributed by atoms with Crippen LogP contribution in [0.2, 0.25) is 0 Å². The molecule has 0 aromatic rings. The molecule has 0 nitrogen and oxygen atoms in total. The Balaban J connectivity index is 2.48. The van der Waals surface area contributed by atoms with Crippen molar-refractivity contribution in [2.45, 2.75) is 53.4 Å². The van der Waals surface area contributed by atoms with Gasteiger partial charge in [0.15, 0.2) is 0 Å². The molecule has 1 aliphatic rings. The van der Waals surface area contributed by atoms with E-state index in [2.05, 4.69) is 39.0 Å². The van der Waals surface area contributed by atoms with Crippen molar-refractivity contribution >= 4 is 0 Å². The molecule has 0 bridgehead atoms. The molecule has 1 saturated carbocycles. The van der Waals surface area contributed by atoms with Crippen molar-refractivity contribution in [1.82, 2.24) is 0 Å². The summed E-state index contributed by atoms with van der Waals surface area (Å²) in [6.45, 7) is 9.06. The van der Waals surface area contributed by atoms with Crippen LogP contribution in [-0.2, 0) is 0 Å². The van der Waals surface area contributed by atoms with Gasteiger partial charge in [-0.3, -0.25) is 0 Å². The van der Waals surface area contributed by atoms with Gasteiger partial charge in [0.05, 0.1) is 0 Å². The summed E-state index contributed by atoms with van der Waals surface area (Å²) in [5.74, 6) is 9.60. The molecule has 85 valence electrons. The van der Waals surface area contributed by atoms with Crippen molar-refractivity contribution in [2.24, 2.45) is 23.7 Å². The molecule has 0 saturated heterocycles. The lowest BCUT2D eigenvalue weighted by atomic mass is 9.68. The molecule has 1 fully saturated rings. The Morgan fingerprint density at radius 3 is 2.67 bits per heavy atom. The van der Waals surface area contributed by atoms with Gasteiger partial charge in [-0.05, 0) is 49.9 Å². The summed E-state index contributed by atoms with van der Waals surface area (Å²) in [6.07, 6.45) is 7.67. The van der Waals surface area contributed by atoms with Gasteiger partial charge < -0.3 is 0 Å². The van der Waals surface area contributed by atoms with Crippen LogP contribution in [0.25, 0.3) is 0 Å². The summed E-state index contributed by atoms with van der Waals surface area (Å²) < 4.78 is 0. The SMILES string of the molecule is CC#CC[CH]C1CC(C)CCC1C(C)C. The summed E-state index contributed by atoms with van der Waals surface area (Å²) in [4.78, 5) is 0. The maximum atomic E-state index is 3.16. The first-order valence-corrected chi connectivity index (χ1v) is 6.38. The van der Waals surface area contributed by atoms with Crippen LogP contribution in [0.4, 0.5) is 0 Å². The molecule has 3 atom stereocenters. The molecule has 0 amide bonds. The Morgan fingerprint density at radius 1 is 1.33 bits per heavy atom. The van der Waals surface area contributed by atoms with Crippen LogP contribution < -0.4 is 0 Å². The van der Waals surface area contributed by atoms with E-state index < -0.39 is 0 Å². The minimum absolute atomic E-state index is 0.814. The van der Waals surface area contributed by atoms with Crippen molar-refractivity contribution < 1.29 is 0 Å². The van der Waals surface area contributed by atoms with Gasteiger partial charge in [0.1, 0.15) is 0 Å². The van der Waals surface area contributed by atoms with E-state index in [-0.39, 0.29) is 0 Å². The topological polar surface area (TPSA) is 0 Å². The Morgan fingerprint density at radius 2 is 2.07 bits per heavy atom. The lowest BCUT2D eigenvalue weighted by molar-refractivity contribution is 0.166. The zero-order valence-corrected chi connectivity index (χ0v) is 10.7. The van der Waals surface area contributed by atoms with Crippen molar-refractivity contribution in [3.05, 3.63) is 6.42 Å². The third kappa shape index (κ3) is 3.90. The highest BCUT2D eigenvalue weighted by Gasteiger charge is 2.29. The van der Waals surface area contributed by atoms with Crippen LogP contribution in [0, 0.1) is 41.9 Å². The Bertz CT molecular complexity index is 228. The molecular formula is C15H25. The highest BCUT2D eigenvalue weighted by atomic mass is 14.3. The van der Waals surface area contributed by atoms with Gasteiger partial charge in [-0.2, -0.15) is 0 Å². The summed E-state index contributed by atoms with van der Waals surface area (Å²) in [5.41, 5.74) is 0. The minimum atomic E-state index is 0.814. The van der Waals surface area contributed by atoms with Gasteiger partial charge in [-0.15, -0.1) is 11.8 Å². The molecule has 0 heterocycles. The monoisotopic (exact) mass is 205 g/mol.